The molecule has 0 saturated carbocycles. The SMILES string of the molecule is N#Cc1cccc(C#N)c1-n1c2ccccc2c2ccc3c4ccccc4n(-c4ccc5ccccc5c4)c3c21. The number of hydrogen-bond donors (Lipinski definition) is 0. The molecule has 0 saturated heterocycles. The molecule has 8 rings (SSSR count). The molecular weight excluding hydrogens is 488 g/mol. The van der Waals surface area contributed by atoms with Gasteiger partial charge in [0.25, 0.3) is 0 Å². The number of nitrogens with zero attached hydrogens (tertiary/aromatic N) is 4. The standard InChI is InChI=1S/C36H20N4/c37-21-25-10-7-11-26(22-38)34(25)40-33-15-6-4-13-29(33)31-19-18-30-28-12-3-5-14-32(28)39(35(30)36(31)40)27-17-16-23-8-1-2-9-24(23)20-27/h1-20H. The fourth-order valence-electron chi connectivity index (χ4n) is 6.28. The van der Waals surface area contributed by atoms with Gasteiger partial charge in [0.1, 0.15) is 12.1 Å². The maximum Gasteiger partial charge on any atom is 0.101 e. The van der Waals surface area contributed by atoms with Crippen molar-refractivity contribution >= 4 is 54.4 Å². The Bertz CT molecular complexity index is 2370. The molecule has 40 heavy (non-hydrogen) atoms. The monoisotopic (exact) mass is 508 g/mol. The molecule has 0 amide bonds. The van der Waals surface area contributed by atoms with Gasteiger partial charge in [-0.1, -0.05) is 84.9 Å². The third-order valence-electron chi connectivity index (χ3n) is 7.96. The summed E-state index contributed by atoms with van der Waals surface area (Å²) in [6, 6.07) is 46.1. The summed E-state index contributed by atoms with van der Waals surface area (Å²) in [5, 5.41) is 27.1. The van der Waals surface area contributed by atoms with E-state index in [9.17, 15) is 10.5 Å². The molecule has 0 aliphatic rings. The van der Waals surface area contributed by atoms with Gasteiger partial charge in [0.2, 0.25) is 0 Å². The zero-order valence-corrected chi connectivity index (χ0v) is 21.3. The van der Waals surface area contributed by atoms with Crippen LogP contribution in [0.3, 0.4) is 0 Å². The molecule has 6 aromatic carbocycles. The topological polar surface area (TPSA) is 57.4 Å². The highest BCUT2D eigenvalue weighted by molar-refractivity contribution is 6.24. The van der Waals surface area contributed by atoms with Gasteiger partial charge < -0.3 is 9.13 Å². The number of hydrogen-bond acceptors (Lipinski definition) is 2. The van der Waals surface area contributed by atoms with E-state index in [2.05, 4.69) is 112 Å². The van der Waals surface area contributed by atoms with Gasteiger partial charge in [0, 0.05) is 27.2 Å². The van der Waals surface area contributed by atoms with E-state index in [0.29, 0.717) is 16.8 Å². The van der Waals surface area contributed by atoms with Crippen LogP contribution >= 0.6 is 0 Å². The molecule has 0 spiro atoms. The van der Waals surface area contributed by atoms with E-state index in [0.717, 1.165) is 49.3 Å². The number of nitriles is 2. The van der Waals surface area contributed by atoms with Crippen LogP contribution in [0.4, 0.5) is 0 Å². The maximum absolute atomic E-state index is 10.2. The largest absolute Gasteiger partial charge is 0.307 e. The lowest BCUT2D eigenvalue weighted by Crippen LogP contribution is -2.03. The van der Waals surface area contributed by atoms with Crippen LogP contribution in [0.25, 0.3) is 65.8 Å². The summed E-state index contributed by atoms with van der Waals surface area (Å²) in [7, 11) is 0. The van der Waals surface area contributed by atoms with Crippen molar-refractivity contribution in [3.05, 3.63) is 132 Å². The van der Waals surface area contributed by atoms with Gasteiger partial charge in [-0.3, -0.25) is 0 Å². The van der Waals surface area contributed by atoms with Gasteiger partial charge >= 0.3 is 0 Å². The Balaban J connectivity index is 1.66. The lowest BCUT2D eigenvalue weighted by atomic mass is 10.1. The molecule has 2 heterocycles. The highest BCUT2D eigenvalue weighted by atomic mass is 15.0. The Morgan fingerprint density at radius 3 is 1.65 bits per heavy atom. The van der Waals surface area contributed by atoms with E-state index in [1.54, 1.807) is 18.2 Å². The minimum absolute atomic E-state index is 0.465. The Morgan fingerprint density at radius 2 is 1.00 bits per heavy atom. The molecule has 0 N–H and O–H groups in total. The molecule has 0 aliphatic heterocycles. The van der Waals surface area contributed by atoms with Crippen LogP contribution in [0.5, 0.6) is 0 Å². The first-order valence-electron chi connectivity index (χ1n) is 13.2. The molecule has 4 heteroatoms. The summed E-state index contributed by atoms with van der Waals surface area (Å²) in [6.07, 6.45) is 0. The summed E-state index contributed by atoms with van der Waals surface area (Å²) < 4.78 is 4.45. The van der Waals surface area contributed by atoms with E-state index in [4.69, 9.17) is 0 Å². The number of aromatic nitrogens is 2. The molecule has 0 atom stereocenters. The summed E-state index contributed by atoms with van der Waals surface area (Å²) in [4.78, 5) is 0. The Kier molecular flexibility index (Phi) is 4.62. The van der Waals surface area contributed by atoms with Crippen molar-refractivity contribution in [2.45, 2.75) is 0 Å². The van der Waals surface area contributed by atoms with Gasteiger partial charge in [0.05, 0.1) is 38.9 Å². The molecule has 2 aromatic heterocycles. The summed E-state index contributed by atoms with van der Waals surface area (Å²) in [6.45, 7) is 0. The van der Waals surface area contributed by atoms with Gasteiger partial charge in [-0.25, -0.2) is 0 Å². The molecule has 184 valence electrons. The minimum Gasteiger partial charge on any atom is -0.307 e. The van der Waals surface area contributed by atoms with Crippen molar-refractivity contribution < 1.29 is 0 Å². The van der Waals surface area contributed by atoms with Crippen molar-refractivity contribution in [3.63, 3.8) is 0 Å². The van der Waals surface area contributed by atoms with Crippen molar-refractivity contribution in [3.8, 4) is 23.5 Å². The second-order valence-electron chi connectivity index (χ2n) is 10.0. The average molecular weight is 509 g/mol. The highest BCUT2D eigenvalue weighted by Gasteiger charge is 2.23. The van der Waals surface area contributed by atoms with Crippen LogP contribution in [-0.4, -0.2) is 9.13 Å². The van der Waals surface area contributed by atoms with Crippen molar-refractivity contribution in [1.82, 2.24) is 9.13 Å². The Hall–Kier alpha value is -5.84. The third kappa shape index (κ3) is 2.93. The first-order chi connectivity index (χ1) is 19.8. The zero-order chi connectivity index (χ0) is 26.8. The lowest BCUT2D eigenvalue weighted by Gasteiger charge is -2.15. The molecule has 0 aliphatic carbocycles. The van der Waals surface area contributed by atoms with Crippen LogP contribution in [0, 0.1) is 22.7 Å². The second kappa shape index (κ2) is 8.33. The molecule has 0 bridgehead atoms. The summed E-state index contributed by atoms with van der Waals surface area (Å²) in [5.74, 6) is 0. The number of fused-ring (bicyclic) bond motifs is 8. The maximum atomic E-state index is 10.2. The predicted octanol–water partition coefficient (Wildman–Crippen LogP) is 8.78. The smallest absolute Gasteiger partial charge is 0.101 e. The number of benzene rings is 6. The van der Waals surface area contributed by atoms with Crippen molar-refractivity contribution in [1.29, 1.82) is 10.5 Å². The van der Waals surface area contributed by atoms with E-state index in [1.165, 1.54) is 10.8 Å². The normalized spacial score (nSPS) is 11.4. The third-order valence-corrected chi connectivity index (χ3v) is 7.96. The minimum atomic E-state index is 0.465. The molecule has 4 nitrogen and oxygen atoms in total. The van der Waals surface area contributed by atoms with Crippen molar-refractivity contribution in [2.24, 2.45) is 0 Å². The predicted molar refractivity (Wildman–Crippen MR) is 162 cm³/mol. The van der Waals surface area contributed by atoms with Crippen LogP contribution in [0.15, 0.2) is 121 Å². The highest BCUT2D eigenvalue weighted by Crippen LogP contribution is 2.42. The van der Waals surface area contributed by atoms with Gasteiger partial charge in [-0.05, 0) is 47.2 Å². The number of rotatable bonds is 2. The van der Waals surface area contributed by atoms with E-state index in [1.807, 2.05) is 12.1 Å². The Morgan fingerprint density at radius 1 is 0.450 bits per heavy atom. The first-order valence-corrected chi connectivity index (χ1v) is 13.2. The van der Waals surface area contributed by atoms with Crippen LogP contribution in [0.1, 0.15) is 11.1 Å². The van der Waals surface area contributed by atoms with E-state index < -0.39 is 0 Å². The fraction of sp³-hybridized carbons (Fsp3) is 0. The first kappa shape index (κ1) is 22.2. The molecule has 8 aromatic rings. The average Bonchev–Trinajstić information content (AvgIpc) is 3.53. The molecule has 0 unspecified atom stereocenters. The molecule has 0 radical (unpaired) electrons. The van der Waals surface area contributed by atoms with Gasteiger partial charge in [-0.15, -0.1) is 0 Å². The summed E-state index contributed by atoms with van der Waals surface area (Å²) in [5.41, 5.74) is 6.68. The lowest BCUT2D eigenvalue weighted by molar-refractivity contribution is 1.14. The Labute approximate surface area is 229 Å². The van der Waals surface area contributed by atoms with Crippen LogP contribution < -0.4 is 0 Å². The fourth-order valence-corrected chi connectivity index (χ4v) is 6.28. The van der Waals surface area contributed by atoms with Gasteiger partial charge in [0.15, 0.2) is 0 Å². The molecular formula is C36H20N4. The van der Waals surface area contributed by atoms with Crippen molar-refractivity contribution in [2.75, 3.05) is 0 Å². The van der Waals surface area contributed by atoms with E-state index in [-0.39, 0.29) is 0 Å². The summed E-state index contributed by atoms with van der Waals surface area (Å²) >= 11 is 0. The zero-order valence-electron chi connectivity index (χ0n) is 21.3. The van der Waals surface area contributed by atoms with Crippen LogP contribution in [0.2, 0.25) is 0 Å². The molecule has 0 fully saturated rings. The van der Waals surface area contributed by atoms with Gasteiger partial charge in [-0.2, -0.15) is 10.5 Å². The number of para-hydroxylation sites is 3. The van der Waals surface area contributed by atoms with Crippen LogP contribution in [-0.2, 0) is 0 Å². The quantitative estimate of drug-likeness (QED) is 0.234. The second-order valence-corrected chi connectivity index (χ2v) is 10.0. The van der Waals surface area contributed by atoms with E-state index >= 15 is 0 Å².